The van der Waals surface area contributed by atoms with Gasteiger partial charge in [0.15, 0.2) is 0 Å². The lowest BCUT2D eigenvalue weighted by molar-refractivity contribution is 0.250. The van der Waals surface area contributed by atoms with Crippen LogP contribution in [-0.2, 0) is 16.6 Å². The smallest absolute Gasteiger partial charge is 0.246 e. The third-order valence-corrected chi connectivity index (χ3v) is 6.92. The third kappa shape index (κ3) is 3.78. The van der Waals surface area contributed by atoms with Gasteiger partial charge in [0.2, 0.25) is 10.0 Å². The average Bonchev–Trinajstić information content (AvgIpc) is 3.10. The van der Waals surface area contributed by atoms with Gasteiger partial charge in [-0.25, -0.2) is 13.4 Å². The molecule has 0 atom stereocenters. The first-order valence-corrected chi connectivity index (χ1v) is 10.5. The predicted molar refractivity (Wildman–Crippen MR) is 101 cm³/mol. The maximum atomic E-state index is 13.0. The summed E-state index contributed by atoms with van der Waals surface area (Å²) in [5.74, 6) is 2.34. The maximum Gasteiger partial charge on any atom is 0.246 e. The molecule has 1 aliphatic heterocycles. The van der Waals surface area contributed by atoms with E-state index in [-0.39, 0.29) is 4.90 Å². The zero-order valence-electron chi connectivity index (χ0n) is 15.6. The number of nitrogens with zero attached hydrogens (tertiary/aromatic N) is 3. The van der Waals surface area contributed by atoms with Crippen LogP contribution in [0.5, 0.6) is 5.75 Å². The van der Waals surface area contributed by atoms with E-state index in [1.54, 1.807) is 28.6 Å². The molecule has 1 aromatic heterocycles. The second-order valence-electron chi connectivity index (χ2n) is 7.09. The Bertz CT molecular complexity index is 837. The molecule has 0 bridgehead atoms. The summed E-state index contributed by atoms with van der Waals surface area (Å²) in [6, 6.07) is 6.81. The number of imidazole rings is 1. The van der Waals surface area contributed by atoms with Gasteiger partial charge in [-0.2, -0.15) is 4.31 Å². The molecule has 26 heavy (non-hydrogen) atoms. The van der Waals surface area contributed by atoms with E-state index in [0.717, 1.165) is 25.2 Å². The van der Waals surface area contributed by atoms with E-state index in [1.807, 2.05) is 12.4 Å². The van der Waals surface area contributed by atoms with Crippen molar-refractivity contribution in [2.75, 3.05) is 20.2 Å². The van der Waals surface area contributed by atoms with Crippen molar-refractivity contribution < 1.29 is 13.2 Å². The monoisotopic (exact) mass is 377 g/mol. The average molecular weight is 378 g/mol. The van der Waals surface area contributed by atoms with Gasteiger partial charge in [0.1, 0.15) is 16.5 Å². The van der Waals surface area contributed by atoms with Crippen LogP contribution in [0.4, 0.5) is 0 Å². The molecule has 0 unspecified atom stereocenters. The van der Waals surface area contributed by atoms with Gasteiger partial charge in [-0.05, 0) is 30.9 Å². The summed E-state index contributed by atoms with van der Waals surface area (Å²) in [5.41, 5.74) is 0. The van der Waals surface area contributed by atoms with E-state index >= 15 is 0 Å². The summed E-state index contributed by atoms with van der Waals surface area (Å²) in [5, 5.41) is 0. The molecule has 0 N–H and O–H groups in total. The van der Waals surface area contributed by atoms with E-state index in [9.17, 15) is 8.42 Å². The maximum absolute atomic E-state index is 13.0. The van der Waals surface area contributed by atoms with Gasteiger partial charge in [-0.3, -0.25) is 0 Å². The lowest BCUT2D eigenvalue weighted by Gasteiger charge is -2.32. The Hall–Kier alpha value is -1.86. The normalized spacial score (nSPS) is 16.9. The molecule has 3 rings (SSSR count). The number of hydrogen-bond donors (Lipinski definition) is 0. The Kier molecular flexibility index (Phi) is 5.67. The summed E-state index contributed by atoms with van der Waals surface area (Å²) in [6.45, 7) is 6.26. The van der Waals surface area contributed by atoms with Crippen molar-refractivity contribution in [3.05, 3.63) is 42.5 Å². The molecule has 6 nitrogen and oxygen atoms in total. The number of rotatable bonds is 6. The number of benzene rings is 1. The second-order valence-corrected chi connectivity index (χ2v) is 9.00. The fourth-order valence-corrected chi connectivity index (χ4v) is 5.18. The van der Waals surface area contributed by atoms with Crippen LogP contribution in [-0.4, -0.2) is 42.5 Å². The van der Waals surface area contributed by atoms with E-state index < -0.39 is 10.0 Å². The zero-order valence-corrected chi connectivity index (χ0v) is 16.4. The number of aromatic nitrogens is 2. The number of methoxy groups -OCH3 is 1. The molecule has 1 aromatic carbocycles. The van der Waals surface area contributed by atoms with Gasteiger partial charge in [0.05, 0.1) is 7.11 Å². The van der Waals surface area contributed by atoms with Crippen LogP contribution >= 0.6 is 0 Å². The standard InChI is InChI=1S/C19H27N3O3S/c1-15(2)19-20-10-13-21(19)14-16-8-11-22(12-9-16)26(23,24)18-7-5-4-6-17(18)25-3/h4-7,10,13,15-16H,8-9,11-12,14H2,1-3H3. The van der Waals surface area contributed by atoms with Crippen LogP contribution in [0.1, 0.15) is 38.4 Å². The molecule has 0 saturated carbocycles. The van der Waals surface area contributed by atoms with E-state index in [0.29, 0.717) is 30.7 Å². The van der Waals surface area contributed by atoms with E-state index in [2.05, 4.69) is 23.4 Å². The van der Waals surface area contributed by atoms with Crippen LogP contribution < -0.4 is 4.74 Å². The third-order valence-electron chi connectivity index (χ3n) is 4.98. The summed E-state index contributed by atoms with van der Waals surface area (Å²) >= 11 is 0. The van der Waals surface area contributed by atoms with Crippen molar-refractivity contribution in [2.24, 2.45) is 5.92 Å². The van der Waals surface area contributed by atoms with Crippen molar-refractivity contribution in [3.8, 4) is 5.75 Å². The first-order chi connectivity index (χ1) is 12.4. The summed E-state index contributed by atoms with van der Waals surface area (Å²) in [7, 11) is -2.02. The van der Waals surface area contributed by atoms with E-state index in [4.69, 9.17) is 4.74 Å². The minimum Gasteiger partial charge on any atom is -0.495 e. The quantitative estimate of drug-likeness (QED) is 0.776. The summed E-state index contributed by atoms with van der Waals surface area (Å²) < 4.78 is 35.0. The van der Waals surface area contributed by atoms with Crippen molar-refractivity contribution in [1.29, 1.82) is 0 Å². The highest BCUT2D eigenvalue weighted by Crippen LogP contribution is 2.30. The van der Waals surface area contributed by atoms with Crippen molar-refractivity contribution in [3.63, 3.8) is 0 Å². The van der Waals surface area contributed by atoms with Gasteiger partial charge in [-0.15, -0.1) is 0 Å². The SMILES string of the molecule is COc1ccccc1S(=O)(=O)N1CCC(Cn2ccnc2C(C)C)CC1. The zero-order chi connectivity index (χ0) is 18.7. The van der Waals surface area contributed by atoms with Gasteiger partial charge >= 0.3 is 0 Å². The molecule has 142 valence electrons. The molecule has 0 aliphatic carbocycles. The summed E-state index contributed by atoms with van der Waals surface area (Å²) in [4.78, 5) is 4.68. The second kappa shape index (κ2) is 7.80. The minimum absolute atomic E-state index is 0.248. The lowest BCUT2D eigenvalue weighted by Crippen LogP contribution is -2.39. The first-order valence-electron chi connectivity index (χ1n) is 9.07. The highest BCUT2D eigenvalue weighted by molar-refractivity contribution is 7.89. The van der Waals surface area contributed by atoms with Crippen LogP contribution in [0.15, 0.2) is 41.6 Å². The molecule has 1 saturated heterocycles. The van der Waals surface area contributed by atoms with Crippen molar-refractivity contribution >= 4 is 10.0 Å². The molecule has 2 heterocycles. The van der Waals surface area contributed by atoms with Crippen molar-refractivity contribution in [2.45, 2.75) is 44.0 Å². The lowest BCUT2D eigenvalue weighted by atomic mass is 9.98. The Morgan fingerprint density at radius 2 is 1.92 bits per heavy atom. The Morgan fingerprint density at radius 3 is 2.58 bits per heavy atom. The molecular weight excluding hydrogens is 350 g/mol. The Labute approximate surface area is 155 Å². The largest absolute Gasteiger partial charge is 0.495 e. The highest BCUT2D eigenvalue weighted by atomic mass is 32.2. The predicted octanol–water partition coefficient (Wildman–Crippen LogP) is 3.12. The van der Waals surface area contributed by atoms with Gasteiger partial charge < -0.3 is 9.30 Å². The summed E-state index contributed by atoms with van der Waals surface area (Å²) in [6.07, 6.45) is 5.57. The fraction of sp³-hybridized carbons (Fsp3) is 0.526. The van der Waals surface area contributed by atoms with Gasteiger partial charge in [0.25, 0.3) is 0 Å². The number of piperidine rings is 1. The van der Waals surface area contributed by atoms with Crippen LogP contribution in [0.3, 0.4) is 0 Å². The molecular formula is C19H27N3O3S. The molecule has 0 amide bonds. The first kappa shape index (κ1) is 18.9. The molecule has 7 heteroatoms. The minimum atomic E-state index is -3.52. The van der Waals surface area contributed by atoms with E-state index in [1.165, 1.54) is 7.11 Å². The fourth-order valence-electron chi connectivity index (χ4n) is 3.56. The molecule has 1 aliphatic rings. The number of sulfonamides is 1. The highest BCUT2D eigenvalue weighted by Gasteiger charge is 2.31. The van der Waals surface area contributed by atoms with Gasteiger partial charge in [-0.1, -0.05) is 26.0 Å². The Balaban J connectivity index is 1.67. The van der Waals surface area contributed by atoms with Crippen LogP contribution in [0.25, 0.3) is 0 Å². The molecule has 1 fully saturated rings. The van der Waals surface area contributed by atoms with Gasteiger partial charge in [0, 0.05) is 37.9 Å². The topological polar surface area (TPSA) is 64.4 Å². The van der Waals surface area contributed by atoms with Crippen LogP contribution in [0.2, 0.25) is 0 Å². The number of ether oxygens (including phenoxy) is 1. The number of hydrogen-bond acceptors (Lipinski definition) is 4. The molecule has 0 radical (unpaired) electrons. The Morgan fingerprint density at radius 1 is 1.23 bits per heavy atom. The molecule has 2 aromatic rings. The number of para-hydroxylation sites is 1. The van der Waals surface area contributed by atoms with Crippen molar-refractivity contribution in [1.82, 2.24) is 13.9 Å². The van der Waals surface area contributed by atoms with Crippen LogP contribution in [0, 0.1) is 5.92 Å². The molecule has 0 spiro atoms.